The molecule has 1 nitrogen and oxygen atoms in total. The Balaban J connectivity index is 1.94. The van der Waals surface area contributed by atoms with Crippen LogP contribution >= 0.6 is 0 Å². The molecule has 1 heteroatoms. The van der Waals surface area contributed by atoms with E-state index in [-0.39, 0.29) is 0 Å². The van der Waals surface area contributed by atoms with Gasteiger partial charge in [0.05, 0.1) is 0 Å². The van der Waals surface area contributed by atoms with Gasteiger partial charge in [0.25, 0.3) is 0 Å². The van der Waals surface area contributed by atoms with E-state index in [1.54, 1.807) is 0 Å². The molecule has 1 saturated heterocycles. The Morgan fingerprint density at radius 2 is 1.75 bits per heavy atom. The van der Waals surface area contributed by atoms with Crippen LogP contribution in [0.2, 0.25) is 0 Å². The maximum atomic E-state index is 3.72. The van der Waals surface area contributed by atoms with Gasteiger partial charge < -0.3 is 5.32 Å². The number of fused-ring (bicyclic) bond motifs is 2. The molecule has 12 heavy (non-hydrogen) atoms. The molecular formula is C11H21N. The van der Waals surface area contributed by atoms with Crippen molar-refractivity contribution in [2.75, 3.05) is 0 Å². The summed E-state index contributed by atoms with van der Waals surface area (Å²) in [6, 6.07) is 1.66. The smallest absolute Gasteiger partial charge is 0.00728 e. The van der Waals surface area contributed by atoms with Gasteiger partial charge in [0.15, 0.2) is 0 Å². The molecular weight excluding hydrogens is 146 g/mol. The first-order valence-electron chi connectivity index (χ1n) is 5.62. The number of hydrogen-bond acceptors (Lipinski definition) is 1. The Hall–Kier alpha value is -0.0400. The molecule has 1 saturated carbocycles. The average Bonchev–Trinajstić information content (AvgIpc) is 2.44. The normalized spacial score (nSPS) is 43.2. The van der Waals surface area contributed by atoms with E-state index in [0.717, 1.165) is 18.0 Å². The van der Waals surface area contributed by atoms with Crippen LogP contribution in [0.5, 0.6) is 0 Å². The first-order chi connectivity index (χ1) is 5.86. The topological polar surface area (TPSA) is 12.0 Å². The lowest BCUT2D eigenvalue weighted by atomic mass is 9.94. The average molecular weight is 167 g/mol. The third-order valence-electron chi connectivity index (χ3n) is 3.67. The van der Waals surface area contributed by atoms with E-state index in [1.165, 1.54) is 44.9 Å². The monoisotopic (exact) mass is 167 g/mol. The first-order valence-corrected chi connectivity index (χ1v) is 5.62. The second-order valence-electron chi connectivity index (χ2n) is 4.64. The van der Waals surface area contributed by atoms with Crippen LogP contribution in [0.4, 0.5) is 0 Å². The van der Waals surface area contributed by atoms with Crippen LogP contribution in [0.15, 0.2) is 0 Å². The molecule has 70 valence electrons. The van der Waals surface area contributed by atoms with Crippen molar-refractivity contribution in [2.24, 2.45) is 5.92 Å². The van der Waals surface area contributed by atoms with Crippen LogP contribution < -0.4 is 5.32 Å². The van der Waals surface area contributed by atoms with Gasteiger partial charge in [0, 0.05) is 12.1 Å². The standard InChI is InChI=1S/C11H21N/c1-9-10-6-4-2-3-5-7-11(8-10)12-9/h9-12H,2-8H2,1H3/t9-,10?,11?/m1/s1. The fraction of sp³-hybridized carbons (Fsp3) is 1.00. The largest absolute Gasteiger partial charge is 0.311 e. The van der Waals surface area contributed by atoms with Crippen molar-refractivity contribution in [3.63, 3.8) is 0 Å². The summed E-state index contributed by atoms with van der Waals surface area (Å²) in [6.45, 7) is 2.37. The Morgan fingerprint density at radius 1 is 1.00 bits per heavy atom. The number of rotatable bonds is 0. The van der Waals surface area contributed by atoms with Crippen LogP contribution in [-0.4, -0.2) is 12.1 Å². The Labute approximate surface area is 75.9 Å². The molecule has 0 aromatic heterocycles. The molecule has 1 aliphatic carbocycles. The lowest BCUT2D eigenvalue weighted by Crippen LogP contribution is -2.29. The summed E-state index contributed by atoms with van der Waals surface area (Å²) >= 11 is 0. The van der Waals surface area contributed by atoms with E-state index in [4.69, 9.17) is 0 Å². The van der Waals surface area contributed by atoms with Crippen molar-refractivity contribution >= 4 is 0 Å². The maximum absolute atomic E-state index is 3.72. The molecule has 1 N–H and O–H groups in total. The predicted octanol–water partition coefficient (Wildman–Crippen LogP) is 2.71. The molecule has 2 fully saturated rings. The quantitative estimate of drug-likeness (QED) is 0.585. The van der Waals surface area contributed by atoms with E-state index in [9.17, 15) is 0 Å². The van der Waals surface area contributed by atoms with Crippen molar-refractivity contribution in [1.29, 1.82) is 0 Å². The van der Waals surface area contributed by atoms with Crippen LogP contribution in [0, 0.1) is 5.92 Å². The fourth-order valence-corrected chi connectivity index (χ4v) is 2.87. The highest BCUT2D eigenvalue weighted by Gasteiger charge is 2.30. The van der Waals surface area contributed by atoms with Gasteiger partial charge in [-0.15, -0.1) is 0 Å². The van der Waals surface area contributed by atoms with E-state index in [1.807, 2.05) is 0 Å². The van der Waals surface area contributed by atoms with E-state index in [0.29, 0.717) is 0 Å². The number of nitrogens with one attached hydrogen (secondary N) is 1. The zero-order chi connectivity index (χ0) is 8.39. The third kappa shape index (κ3) is 1.82. The van der Waals surface area contributed by atoms with Gasteiger partial charge in [-0.2, -0.15) is 0 Å². The molecule has 0 radical (unpaired) electrons. The summed E-state index contributed by atoms with van der Waals surface area (Å²) in [5.41, 5.74) is 0. The highest BCUT2D eigenvalue weighted by Crippen LogP contribution is 2.30. The minimum atomic E-state index is 0.799. The second-order valence-corrected chi connectivity index (χ2v) is 4.64. The zero-order valence-electron chi connectivity index (χ0n) is 8.18. The molecule has 0 aromatic rings. The molecule has 1 heterocycles. The summed E-state index contributed by atoms with van der Waals surface area (Å²) in [4.78, 5) is 0. The fourth-order valence-electron chi connectivity index (χ4n) is 2.87. The van der Waals surface area contributed by atoms with Gasteiger partial charge in [0.2, 0.25) is 0 Å². The zero-order valence-corrected chi connectivity index (χ0v) is 8.18. The maximum Gasteiger partial charge on any atom is 0.00728 e. The van der Waals surface area contributed by atoms with Crippen molar-refractivity contribution < 1.29 is 0 Å². The van der Waals surface area contributed by atoms with Crippen LogP contribution in [0.3, 0.4) is 0 Å². The molecule has 3 atom stereocenters. The van der Waals surface area contributed by atoms with Gasteiger partial charge in [-0.3, -0.25) is 0 Å². The predicted molar refractivity (Wildman–Crippen MR) is 52.2 cm³/mol. The van der Waals surface area contributed by atoms with Crippen molar-refractivity contribution in [1.82, 2.24) is 5.32 Å². The molecule has 0 amide bonds. The van der Waals surface area contributed by atoms with Gasteiger partial charge in [-0.05, 0) is 32.1 Å². The van der Waals surface area contributed by atoms with Crippen molar-refractivity contribution in [2.45, 2.75) is 64.0 Å². The molecule has 1 aliphatic heterocycles. The molecule has 2 aliphatic rings. The third-order valence-corrected chi connectivity index (χ3v) is 3.67. The van der Waals surface area contributed by atoms with Crippen molar-refractivity contribution in [3.8, 4) is 0 Å². The Bertz CT molecular complexity index is 144. The highest BCUT2D eigenvalue weighted by atomic mass is 15.0. The van der Waals surface area contributed by atoms with E-state index >= 15 is 0 Å². The van der Waals surface area contributed by atoms with Crippen LogP contribution in [-0.2, 0) is 0 Å². The molecule has 0 aromatic carbocycles. The van der Waals surface area contributed by atoms with Crippen LogP contribution in [0.1, 0.15) is 51.9 Å². The summed E-state index contributed by atoms with van der Waals surface area (Å²) in [7, 11) is 0. The van der Waals surface area contributed by atoms with E-state index in [2.05, 4.69) is 12.2 Å². The highest BCUT2D eigenvalue weighted by molar-refractivity contribution is 4.88. The van der Waals surface area contributed by atoms with Gasteiger partial charge in [0.1, 0.15) is 0 Å². The Morgan fingerprint density at radius 3 is 2.58 bits per heavy atom. The molecule has 2 unspecified atom stereocenters. The van der Waals surface area contributed by atoms with E-state index < -0.39 is 0 Å². The second kappa shape index (κ2) is 3.78. The SMILES string of the molecule is C[C@H]1NC2CCCCCCC1C2. The lowest BCUT2D eigenvalue weighted by molar-refractivity contribution is 0.418. The Kier molecular flexibility index (Phi) is 2.69. The van der Waals surface area contributed by atoms with Gasteiger partial charge >= 0.3 is 0 Å². The summed E-state index contributed by atoms with van der Waals surface area (Å²) in [5, 5.41) is 3.72. The number of hydrogen-bond donors (Lipinski definition) is 1. The first kappa shape index (κ1) is 8.55. The summed E-state index contributed by atoms with van der Waals surface area (Å²) in [6.07, 6.45) is 10.3. The van der Waals surface area contributed by atoms with Crippen molar-refractivity contribution in [3.05, 3.63) is 0 Å². The molecule has 2 rings (SSSR count). The summed E-state index contributed by atoms with van der Waals surface area (Å²) in [5.74, 6) is 0.994. The minimum absolute atomic E-state index is 0.799. The van der Waals surface area contributed by atoms with Gasteiger partial charge in [-0.1, -0.05) is 25.7 Å². The van der Waals surface area contributed by atoms with Gasteiger partial charge in [-0.25, -0.2) is 0 Å². The molecule has 0 spiro atoms. The van der Waals surface area contributed by atoms with Crippen LogP contribution in [0.25, 0.3) is 0 Å². The minimum Gasteiger partial charge on any atom is -0.311 e. The summed E-state index contributed by atoms with van der Waals surface area (Å²) < 4.78 is 0. The lowest BCUT2D eigenvalue weighted by Gasteiger charge is -2.15. The molecule has 2 bridgehead atoms.